The summed E-state index contributed by atoms with van der Waals surface area (Å²) in [4.78, 5) is 12.4. The summed E-state index contributed by atoms with van der Waals surface area (Å²) in [7, 11) is 0. The van der Waals surface area contributed by atoms with Crippen molar-refractivity contribution in [3.63, 3.8) is 0 Å². The molecular formula is C14H14Br2N2O2. The van der Waals surface area contributed by atoms with E-state index in [0.717, 1.165) is 32.1 Å². The molecule has 0 N–H and O–H groups in total. The number of nitroso groups, excluding NO2 is 1. The van der Waals surface area contributed by atoms with Crippen molar-refractivity contribution in [2.75, 3.05) is 0 Å². The Hall–Kier alpha value is -0.980. The molecule has 106 valence electrons. The van der Waals surface area contributed by atoms with Crippen LogP contribution in [0.4, 0.5) is 0 Å². The van der Waals surface area contributed by atoms with Gasteiger partial charge in [-0.15, -0.1) is 0 Å². The van der Waals surface area contributed by atoms with Crippen molar-refractivity contribution in [3.05, 3.63) is 65.2 Å². The summed E-state index contributed by atoms with van der Waals surface area (Å²) >= 11 is 6.52. The average Bonchev–Trinajstić information content (AvgIpc) is 2.40. The molecule has 0 radical (unpaired) electrons. The molecule has 2 rings (SSSR count). The molecule has 0 saturated heterocycles. The second-order valence-electron chi connectivity index (χ2n) is 4.84. The van der Waals surface area contributed by atoms with Gasteiger partial charge in [-0.25, -0.2) is 0 Å². The third-order valence-corrected chi connectivity index (χ3v) is 5.04. The highest BCUT2D eigenvalue weighted by molar-refractivity contribution is 9.11. The number of rotatable bonds is 0. The molecule has 0 bridgehead atoms. The third kappa shape index (κ3) is 2.36. The molecule has 2 heterocycles. The second-order valence-corrected chi connectivity index (χ2v) is 6.40. The van der Waals surface area contributed by atoms with E-state index in [1.54, 1.807) is 12.2 Å². The molecule has 0 aromatic carbocycles. The smallest absolute Gasteiger partial charge is 0.308 e. The molecule has 0 saturated carbocycles. The summed E-state index contributed by atoms with van der Waals surface area (Å²) in [5, 5.41) is 13.0. The van der Waals surface area contributed by atoms with E-state index in [-0.39, 0.29) is 0 Å². The van der Waals surface area contributed by atoms with Crippen molar-refractivity contribution in [3.8, 4) is 0 Å². The molecule has 0 aromatic heterocycles. The van der Waals surface area contributed by atoms with E-state index in [1.807, 2.05) is 27.7 Å². The van der Waals surface area contributed by atoms with Crippen LogP contribution in [-0.2, 0) is 0 Å². The van der Waals surface area contributed by atoms with E-state index in [0.29, 0.717) is 20.6 Å². The largest absolute Gasteiger partial charge is 0.753 e. The topological polar surface area (TPSA) is 46.4 Å². The van der Waals surface area contributed by atoms with Gasteiger partial charge < -0.3 is 10.3 Å². The van der Waals surface area contributed by atoms with Crippen LogP contribution in [0.2, 0.25) is 0 Å². The molecule has 20 heavy (non-hydrogen) atoms. The lowest BCUT2D eigenvalue weighted by Gasteiger charge is -2.36. The third-order valence-electron chi connectivity index (χ3n) is 3.57. The normalized spacial score (nSPS) is 24.4. The summed E-state index contributed by atoms with van der Waals surface area (Å²) in [6.07, 6.45) is 3.49. The number of hydroxylamine groups is 2. The Morgan fingerprint density at radius 2 is 1.70 bits per heavy atom. The highest BCUT2D eigenvalue weighted by atomic mass is 79.9. The Kier molecular flexibility index (Phi) is 4.18. The van der Waals surface area contributed by atoms with Gasteiger partial charge in [0.25, 0.3) is 5.70 Å². The molecule has 6 heteroatoms. The van der Waals surface area contributed by atoms with Crippen LogP contribution in [0.15, 0.2) is 55.1 Å². The Balaban J connectivity index is 2.71. The predicted octanol–water partition coefficient (Wildman–Crippen LogP) is 4.95. The minimum Gasteiger partial charge on any atom is -0.753 e. The van der Waals surface area contributed by atoms with Crippen LogP contribution in [0.1, 0.15) is 27.7 Å². The first-order chi connectivity index (χ1) is 9.25. The number of hydrogen-bond donors (Lipinski definition) is 0. The first kappa shape index (κ1) is 15.4. The van der Waals surface area contributed by atoms with Crippen LogP contribution in [0.5, 0.6) is 0 Å². The maximum Gasteiger partial charge on any atom is 0.308 e. The molecule has 0 aromatic rings. The number of allylic oxidation sites excluding steroid dienone is 6. The highest BCUT2D eigenvalue weighted by Gasteiger charge is 2.34. The maximum absolute atomic E-state index is 12.4. The van der Waals surface area contributed by atoms with Crippen LogP contribution in [0.25, 0.3) is 0 Å². The van der Waals surface area contributed by atoms with Gasteiger partial charge in [-0.3, -0.25) is 0 Å². The number of hydrogen-bond acceptors (Lipinski definition) is 3. The highest BCUT2D eigenvalue weighted by Crippen LogP contribution is 2.37. The zero-order chi connectivity index (χ0) is 15.2. The molecule has 0 spiro atoms. The van der Waals surface area contributed by atoms with Crippen LogP contribution in [-0.4, -0.2) is 9.82 Å². The van der Waals surface area contributed by atoms with E-state index < -0.39 is 0 Å². The second kappa shape index (κ2) is 5.42. The zero-order valence-corrected chi connectivity index (χ0v) is 14.8. The lowest BCUT2D eigenvalue weighted by atomic mass is 9.99. The summed E-state index contributed by atoms with van der Waals surface area (Å²) in [5.41, 5.74) is 4.28. The van der Waals surface area contributed by atoms with Crippen LogP contribution < -0.4 is 0 Å². The average molecular weight is 402 g/mol. The van der Waals surface area contributed by atoms with Crippen LogP contribution in [0, 0.1) is 10.1 Å². The fraction of sp³-hybridized carbons (Fsp3) is 0.286. The molecule has 0 atom stereocenters. The van der Waals surface area contributed by atoms with Crippen molar-refractivity contribution >= 4 is 31.9 Å². The van der Waals surface area contributed by atoms with Crippen molar-refractivity contribution in [1.29, 1.82) is 0 Å². The lowest BCUT2D eigenvalue weighted by Crippen LogP contribution is -2.23. The fourth-order valence-corrected chi connectivity index (χ4v) is 3.07. The van der Waals surface area contributed by atoms with Gasteiger partial charge in [-0.05, 0) is 66.4 Å². The van der Waals surface area contributed by atoms with E-state index in [1.165, 1.54) is 0 Å². The van der Waals surface area contributed by atoms with Gasteiger partial charge in [0.1, 0.15) is 5.70 Å². The summed E-state index contributed by atoms with van der Waals surface area (Å²) in [6, 6.07) is 0. The van der Waals surface area contributed by atoms with Gasteiger partial charge in [0.15, 0.2) is 0 Å². The first-order valence-electron chi connectivity index (χ1n) is 6.04. The zero-order valence-electron chi connectivity index (χ0n) is 11.6. The van der Waals surface area contributed by atoms with Crippen molar-refractivity contribution < 1.29 is 4.76 Å². The summed E-state index contributed by atoms with van der Waals surface area (Å²) < 4.78 is 1.58. The van der Waals surface area contributed by atoms with Gasteiger partial charge in [-0.2, -0.15) is 0 Å². The van der Waals surface area contributed by atoms with Gasteiger partial charge in [0.05, 0.1) is 9.37 Å². The Bertz CT molecular complexity index is 667. The minimum absolute atomic E-state index is 0.344. The molecule has 0 aliphatic carbocycles. The summed E-state index contributed by atoms with van der Waals surface area (Å²) in [5.74, 6) is 0. The molecule has 0 unspecified atom stereocenters. The SMILES string of the molecule is CC1=CC(=C2C(C)=C(C)C=C(Br)N2[O-])[N+](=O)C(Br)=C1C. The number of nitrogens with zero attached hydrogens (tertiary/aromatic N) is 2. The van der Waals surface area contributed by atoms with E-state index in [2.05, 4.69) is 31.9 Å². The van der Waals surface area contributed by atoms with Gasteiger partial charge >= 0.3 is 4.61 Å². The van der Waals surface area contributed by atoms with Gasteiger partial charge in [0.2, 0.25) is 0 Å². The Labute approximate surface area is 134 Å². The van der Waals surface area contributed by atoms with Crippen molar-refractivity contribution in [2.45, 2.75) is 27.7 Å². The molecule has 2 aliphatic heterocycles. The van der Waals surface area contributed by atoms with Crippen LogP contribution in [0.3, 0.4) is 0 Å². The van der Waals surface area contributed by atoms with Crippen LogP contribution >= 0.6 is 31.9 Å². The van der Waals surface area contributed by atoms with E-state index >= 15 is 0 Å². The monoisotopic (exact) mass is 400 g/mol. The molecular weight excluding hydrogens is 388 g/mol. The van der Waals surface area contributed by atoms with Crippen molar-refractivity contribution in [2.24, 2.45) is 0 Å². The maximum atomic E-state index is 12.4. The van der Waals surface area contributed by atoms with Gasteiger partial charge in [0, 0.05) is 32.5 Å². The summed E-state index contributed by atoms with van der Waals surface area (Å²) in [6.45, 7) is 7.53. The quantitative estimate of drug-likeness (QED) is 0.426. The Morgan fingerprint density at radius 3 is 2.30 bits per heavy atom. The first-order valence-corrected chi connectivity index (χ1v) is 7.63. The molecule has 2 aliphatic rings. The lowest BCUT2D eigenvalue weighted by molar-refractivity contribution is -0.428. The molecule has 4 nitrogen and oxygen atoms in total. The predicted molar refractivity (Wildman–Crippen MR) is 86.6 cm³/mol. The molecule has 0 amide bonds. The van der Waals surface area contributed by atoms with Gasteiger partial charge in [-0.1, -0.05) is 0 Å². The standard InChI is InChI=1S/C14H14Br2N2O2/c1-7-5-11(17(19)14(16)10(7)4)13-9(3)8(2)6-12(15)18(13)20/h5-6H,1-4H3. The molecule has 0 fully saturated rings. The Morgan fingerprint density at radius 1 is 1.10 bits per heavy atom. The number of halogens is 2. The van der Waals surface area contributed by atoms with E-state index in [9.17, 15) is 10.1 Å². The minimum atomic E-state index is 0.344. The fourth-order valence-electron chi connectivity index (χ4n) is 2.04. The van der Waals surface area contributed by atoms with Crippen molar-refractivity contribution in [1.82, 2.24) is 5.06 Å². The van der Waals surface area contributed by atoms with E-state index in [4.69, 9.17) is 0 Å².